The van der Waals surface area contributed by atoms with Gasteiger partial charge < -0.3 is 9.88 Å². The molecule has 3 amide bonds. The number of amides is 3. The number of benzene rings is 1. The van der Waals surface area contributed by atoms with E-state index in [2.05, 4.69) is 20.7 Å². The molecule has 1 aromatic carbocycles. The number of carbonyl (C=O) groups excluding carboxylic acids is 2. The first kappa shape index (κ1) is 24.8. The van der Waals surface area contributed by atoms with Crippen LogP contribution in [-0.4, -0.2) is 38.3 Å². The first-order valence-corrected chi connectivity index (χ1v) is 10.8. The second-order valence-corrected chi connectivity index (χ2v) is 7.55. The van der Waals surface area contributed by atoms with E-state index in [1.54, 1.807) is 21.6 Å². The molecule has 2 heterocycles. The van der Waals surface area contributed by atoms with E-state index < -0.39 is 17.8 Å². The van der Waals surface area contributed by atoms with Gasteiger partial charge in [-0.1, -0.05) is 13.3 Å². The molecule has 12 heteroatoms. The number of nitrogens with zero attached hydrogens (tertiary/aromatic N) is 5. The maximum atomic E-state index is 12.7. The maximum Gasteiger partial charge on any atom is 0.416 e. The number of hydrogen-bond donors (Lipinski definition) is 2. The van der Waals surface area contributed by atoms with Crippen LogP contribution in [-0.2, 0) is 24.1 Å². The summed E-state index contributed by atoms with van der Waals surface area (Å²) < 4.78 is 41.7. The molecular formula is C22H26F3N7O2. The number of anilines is 3. The summed E-state index contributed by atoms with van der Waals surface area (Å²) in [6.07, 6.45) is 3.81. The van der Waals surface area contributed by atoms with Gasteiger partial charge in [0.25, 0.3) is 0 Å². The molecule has 34 heavy (non-hydrogen) atoms. The monoisotopic (exact) mass is 477 g/mol. The van der Waals surface area contributed by atoms with Crippen LogP contribution in [0.15, 0.2) is 48.9 Å². The Morgan fingerprint density at radius 2 is 1.91 bits per heavy atom. The van der Waals surface area contributed by atoms with E-state index in [0.29, 0.717) is 38.4 Å². The zero-order chi connectivity index (χ0) is 24.6. The third-order valence-corrected chi connectivity index (χ3v) is 4.95. The molecule has 0 radical (unpaired) electrons. The van der Waals surface area contributed by atoms with Crippen LogP contribution in [0.4, 0.5) is 35.4 Å². The number of hydrogen-bond acceptors (Lipinski definition) is 4. The lowest BCUT2D eigenvalue weighted by Crippen LogP contribution is -2.27. The number of aromatic nitrogens is 4. The minimum atomic E-state index is -4.45. The lowest BCUT2D eigenvalue weighted by molar-refractivity contribution is -0.137. The number of unbranched alkanes of at least 4 members (excludes halogenated alkanes) is 1. The van der Waals surface area contributed by atoms with Crippen LogP contribution in [0.5, 0.6) is 0 Å². The van der Waals surface area contributed by atoms with E-state index >= 15 is 0 Å². The minimum absolute atomic E-state index is 0.198. The topological polar surface area (TPSA) is 97.1 Å². The largest absolute Gasteiger partial charge is 0.416 e. The van der Waals surface area contributed by atoms with Gasteiger partial charge in [-0.15, -0.1) is 0 Å². The highest BCUT2D eigenvalue weighted by atomic mass is 19.4. The molecule has 9 nitrogen and oxygen atoms in total. The Labute approximate surface area is 194 Å². The Bertz CT molecular complexity index is 1060. The van der Waals surface area contributed by atoms with Gasteiger partial charge >= 0.3 is 12.2 Å². The quantitative estimate of drug-likeness (QED) is 0.395. The summed E-state index contributed by atoms with van der Waals surface area (Å²) >= 11 is 0. The Balaban J connectivity index is 1.66. The van der Waals surface area contributed by atoms with Gasteiger partial charge in [-0.3, -0.25) is 19.7 Å². The first-order chi connectivity index (χ1) is 16.3. The van der Waals surface area contributed by atoms with Gasteiger partial charge in [0.1, 0.15) is 0 Å². The van der Waals surface area contributed by atoms with E-state index in [4.69, 9.17) is 0 Å². The van der Waals surface area contributed by atoms with Gasteiger partial charge in [0.15, 0.2) is 5.82 Å². The van der Waals surface area contributed by atoms with Gasteiger partial charge in [-0.05, 0) is 43.2 Å². The van der Waals surface area contributed by atoms with Crippen molar-refractivity contribution >= 4 is 29.9 Å². The molecule has 3 rings (SSSR count). The molecule has 0 fully saturated rings. The molecule has 0 aliphatic carbocycles. The summed E-state index contributed by atoms with van der Waals surface area (Å²) in [5.74, 6) is 0.614. The zero-order valence-electron chi connectivity index (χ0n) is 18.6. The van der Waals surface area contributed by atoms with E-state index in [1.807, 2.05) is 19.2 Å². The lowest BCUT2D eigenvalue weighted by Gasteiger charge is -2.17. The van der Waals surface area contributed by atoms with Crippen LogP contribution in [0.1, 0.15) is 31.7 Å². The number of alkyl halides is 3. The highest BCUT2D eigenvalue weighted by Crippen LogP contribution is 2.29. The van der Waals surface area contributed by atoms with Gasteiger partial charge in [-0.25, -0.2) is 4.79 Å². The van der Waals surface area contributed by atoms with Crippen molar-refractivity contribution in [2.45, 2.75) is 45.5 Å². The van der Waals surface area contributed by atoms with Crippen LogP contribution in [0, 0.1) is 0 Å². The summed E-state index contributed by atoms with van der Waals surface area (Å²) in [6, 6.07) is 5.27. The predicted molar refractivity (Wildman–Crippen MR) is 121 cm³/mol. The fourth-order valence-electron chi connectivity index (χ4n) is 3.25. The number of aryl methyl sites for hydroxylation is 2. The summed E-state index contributed by atoms with van der Waals surface area (Å²) in [4.78, 5) is 30.0. The zero-order valence-corrected chi connectivity index (χ0v) is 18.6. The van der Waals surface area contributed by atoms with E-state index in [0.717, 1.165) is 25.0 Å². The third kappa shape index (κ3) is 6.83. The van der Waals surface area contributed by atoms with E-state index in [-0.39, 0.29) is 11.5 Å². The summed E-state index contributed by atoms with van der Waals surface area (Å²) in [5, 5.41) is 9.18. The highest BCUT2D eigenvalue weighted by molar-refractivity contribution is 5.99. The van der Waals surface area contributed by atoms with Crippen molar-refractivity contribution in [2.24, 2.45) is 0 Å². The normalized spacial score (nSPS) is 11.3. The molecule has 3 aromatic rings. The molecule has 2 N–H and O–H groups in total. The van der Waals surface area contributed by atoms with Crippen molar-refractivity contribution < 1.29 is 22.8 Å². The molecule has 0 bridgehead atoms. The average molecular weight is 477 g/mol. The second-order valence-electron chi connectivity index (χ2n) is 7.55. The van der Waals surface area contributed by atoms with Crippen molar-refractivity contribution in [3.8, 4) is 0 Å². The fourth-order valence-corrected chi connectivity index (χ4v) is 3.25. The summed E-state index contributed by atoms with van der Waals surface area (Å²) in [5.41, 5.74) is -0.608. The SMILES string of the molecule is CCCCn1cc(NC(=O)Nc2ccc(C(F)(F)F)cc2)nc1N(C=O)CCCn1cccn1. The lowest BCUT2D eigenvalue weighted by atomic mass is 10.2. The van der Waals surface area contributed by atoms with Crippen LogP contribution >= 0.6 is 0 Å². The minimum Gasteiger partial charge on any atom is -0.315 e. The highest BCUT2D eigenvalue weighted by Gasteiger charge is 2.30. The number of urea groups is 1. The molecule has 0 atom stereocenters. The molecule has 2 aromatic heterocycles. The Morgan fingerprint density at radius 1 is 1.15 bits per heavy atom. The average Bonchev–Trinajstić information content (AvgIpc) is 3.45. The van der Waals surface area contributed by atoms with Gasteiger partial charge in [0, 0.05) is 37.7 Å². The van der Waals surface area contributed by atoms with Crippen molar-refractivity contribution in [3.63, 3.8) is 0 Å². The van der Waals surface area contributed by atoms with Crippen molar-refractivity contribution in [3.05, 3.63) is 54.5 Å². The van der Waals surface area contributed by atoms with Crippen LogP contribution < -0.4 is 15.5 Å². The molecule has 182 valence electrons. The Kier molecular flexibility index (Phi) is 8.28. The van der Waals surface area contributed by atoms with Crippen molar-refractivity contribution in [1.29, 1.82) is 0 Å². The standard InChI is InChI=1S/C22H26F3N7O2/c1-2-3-11-30-15-19(28-20(34)27-18-8-6-17(7-9-18)22(23,24)25)29-21(30)31(16-33)12-5-14-32-13-4-10-26-32/h4,6-10,13,15-16H,2-3,5,11-12,14H2,1H3,(H2,27,28,34). The number of carbonyl (C=O) groups is 2. The number of imidazole rings is 1. The van der Waals surface area contributed by atoms with E-state index in [1.165, 1.54) is 17.0 Å². The molecule has 0 unspecified atom stereocenters. The molecule has 0 saturated carbocycles. The first-order valence-electron chi connectivity index (χ1n) is 10.8. The number of rotatable bonds is 11. The second kappa shape index (κ2) is 11.3. The Hall–Kier alpha value is -3.83. The molecule has 0 aliphatic rings. The van der Waals surface area contributed by atoms with Crippen LogP contribution in [0.2, 0.25) is 0 Å². The van der Waals surface area contributed by atoms with Crippen LogP contribution in [0.3, 0.4) is 0 Å². The maximum absolute atomic E-state index is 12.7. The van der Waals surface area contributed by atoms with Crippen molar-refractivity contribution in [1.82, 2.24) is 19.3 Å². The van der Waals surface area contributed by atoms with Crippen molar-refractivity contribution in [2.75, 3.05) is 22.1 Å². The predicted octanol–water partition coefficient (Wildman–Crippen LogP) is 4.60. The third-order valence-electron chi connectivity index (χ3n) is 4.95. The summed E-state index contributed by atoms with van der Waals surface area (Å²) in [6.45, 7) is 3.68. The summed E-state index contributed by atoms with van der Waals surface area (Å²) in [7, 11) is 0. The van der Waals surface area contributed by atoms with Gasteiger partial charge in [0.05, 0.1) is 11.8 Å². The number of halogens is 3. The van der Waals surface area contributed by atoms with Gasteiger partial charge in [0.2, 0.25) is 12.4 Å². The molecular weight excluding hydrogens is 451 g/mol. The Morgan fingerprint density at radius 3 is 2.53 bits per heavy atom. The molecule has 0 saturated heterocycles. The molecule has 0 spiro atoms. The molecule has 0 aliphatic heterocycles. The fraction of sp³-hybridized carbons (Fsp3) is 0.364. The van der Waals surface area contributed by atoms with Gasteiger partial charge in [-0.2, -0.15) is 23.3 Å². The van der Waals surface area contributed by atoms with Crippen LogP contribution in [0.25, 0.3) is 0 Å². The number of nitrogens with one attached hydrogen (secondary N) is 2. The van der Waals surface area contributed by atoms with E-state index in [9.17, 15) is 22.8 Å². The smallest absolute Gasteiger partial charge is 0.315 e.